The number of fused-ring (bicyclic) bond motifs is 1. The molecule has 1 aliphatic heterocycles. The van der Waals surface area contributed by atoms with Crippen molar-refractivity contribution in [2.75, 3.05) is 17.7 Å². The molecule has 9 heteroatoms. The lowest BCUT2D eigenvalue weighted by Gasteiger charge is -2.29. The fraction of sp³-hybridized carbons (Fsp3) is 0.115. The standard InChI is InChI=1S/C26H22ClN5O3/c1-15-22(25(34)29-20-12-5-6-13-21(20)35-2)23(16-8-7-9-17(33)14-16)32-26(28-15)30-24(31-32)18-10-3-4-11-19(18)27/h3-14,23,33H,1-2H3,(H,29,34)(H,28,30,31)/t23-/m1/s1. The summed E-state index contributed by atoms with van der Waals surface area (Å²) in [5, 5.41) is 21.6. The summed E-state index contributed by atoms with van der Waals surface area (Å²) in [6.45, 7) is 1.81. The molecule has 2 heterocycles. The van der Waals surface area contributed by atoms with Gasteiger partial charge in [0.1, 0.15) is 17.5 Å². The van der Waals surface area contributed by atoms with Crippen LogP contribution in [0.5, 0.6) is 11.5 Å². The van der Waals surface area contributed by atoms with Crippen LogP contribution >= 0.6 is 11.6 Å². The van der Waals surface area contributed by atoms with Crippen LogP contribution in [0.2, 0.25) is 5.02 Å². The number of halogens is 1. The molecule has 0 saturated carbocycles. The summed E-state index contributed by atoms with van der Waals surface area (Å²) >= 11 is 6.39. The SMILES string of the molecule is COc1ccccc1NC(=O)C1=C(C)Nc2nc(-c3ccccc3Cl)nn2[C@@H]1c1cccc(O)c1. The zero-order valence-electron chi connectivity index (χ0n) is 19.0. The zero-order valence-corrected chi connectivity index (χ0v) is 19.7. The molecule has 5 rings (SSSR count). The van der Waals surface area contributed by atoms with E-state index < -0.39 is 6.04 Å². The van der Waals surface area contributed by atoms with E-state index >= 15 is 0 Å². The van der Waals surface area contributed by atoms with Crippen LogP contribution < -0.4 is 15.4 Å². The minimum absolute atomic E-state index is 0.0798. The fourth-order valence-corrected chi connectivity index (χ4v) is 4.36. The van der Waals surface area contributed by atoms with E-state index in [1.165, 1.54) is 0 Å². The second-order valence-electron chi connectivity index (χ2n) is 8.00. The van der Waals surface area contributed by atoms with E-state index in [0.29, 0.717) is 50.6 Å². The Balaban J connectivity index is 1.62. The Bertz CT molecular complexity index is 1460. The average molecular weight is 488 g/mol. The van der Waals surface area contributed by atoms with Gasteiger partial charge in [-0.15, -0.1) is 5.10 Å². The zero-order chi connectivity index (χ0) is 24.5. The molecular formula is C26H22ClN5O3. The van der Waals surface area contributed by atoms with Gasteiger partial charge in [0.05, 0.1) is 23.4 Å². The van der Waals surface area contributed by atoms with E-state index in [9.17, 15) is 9.90 Å². The largest absolute Gasteiger partial charge is 0.508 e. The molecule has 0 spiro atoms. The summed E-state index contributed by atoms with van der Waals surface area (Å²) < 4.78 is 7.02. The van der Waals surface area contributed by atoms with Crippen molar-refractivity contribution in [3.05, 3.63) is 94.7 Å². The van der Waals surface area contributed by atoms with Gasteiger partial charge in [-0.3, -0.25) is 4.79 Å². The maximum Gasteiger partial charge on any atom is 0.255 e. The summed E-state index contributed by atoms with van der Waals surface area (Å²) in [4.78, 5) is 18.3. The monoisotopic (exact) mass is 487 g/mol. The predicted octanol–water partition coefficient (Wildman–Crippen LogP) is 5.24. The molecule has 0 unspecified atom stereocenters. The van der Waals surface area contributed by atoms with Crippen LogP contribution in [0.1, 0.15) is 18.5 Å². The van der Waals surface area contributed by atoms with Crippen LogP contribution in [-0.4, -0.2) is 32.9 Å². The number of hydrogen-bond acceptors (Lipinski definition) is 6. The van der Waals surface area contributed by atoms with Gasteiger partial charge >= 0.3 is 0 Å². The van der Waals surface area contributed by atoms with Crippen molar-refractivity contribution in [3.63, 3.8) is 0 Å². The number of nitrogens with one attached hydrogen (secondary N) is 2. The molecule has 0 bridgehead atoms. The molecule has 4 aromatic rings. The van der Waals surface area contributed by atoms with Gasteiger partial charge in [0.25, 0.3) is 5.91 Å². The molecule has 0 fully saturated rings. The summed E-state index contributed by atoms with van der Waals surface area (Å²) in [5.74, 6) is 1.16. The van der Waals surface area contributed by atoms with Crippen molar-refractivity contribution in [3.8, 4) is 22.9 Å². The number of nitrogens with zero attached hydrogens (tertiary/aromatic N) is 3. The molecule has 1 amide bonds. The molecule has 3 N–H and O–H groups in total. The van der Waals surface area contributed by atoms with Crippen LogP contribution in [0.25, 0.3) is 11.4 Å². The number of rotatable bonds is 5. The number of para-hydroxylation sites is 2. The molecule has 1 aromatic heterocycles. The first-order chi connectivity index (χ1) is 17.0. The molecule has 0 aliphatic carbocycles. The topological polar surface area (TPSA) is 101 Å². The third-order valence-electron chi connectivity index (χ3n) is 5.75. The number of aromatic nitrogens is 3. The van der Waals surface area contributed by atoms with E-state index in [0.717, 1.165) is 0 Å². The molecule has 0 radical (unpaired) electrons. The van der Waals surface area contributed by atoms with Crippen LogP contribution in [0, 0.1) is 0 Å². The Morgan fingerprint density at radius 3 is 2.66 bits per heavy atom. The van der Waals surface area contributed by atoms with Crippen LogP contribution in [0.15, 0.2) is 84.1 Å². The van der Waals surface area contributed by atoms with Crippen LogP contribution in [-0.2, 0) is 4.79 Å². The lowest BCUT2D eigenvalue weighted by Crippen LogP contribution is -2.31. The number of allylic oxidation sites excluding steroid dienone is 1. The van der Waals surface area contributed by atoms with Gasteiger partial charge in [0.2, 0.25) is 5.95 Å². The first-order valence-corrected chi connectivity index (χ1v) is 11.3. The van der Waals surface area contributed by atoms with E-state index in [1.807, 2.05) is 36.4 Å². The summed E-state index contributed by atoms with van der Waals surface area (Å²) in [6.07, 6.45) is 0. The first kappa shape index (κ1) is 22.5. The van der Waals surface area contributed by atoms with E-state index in [4.69, 9.17) is 21.4 Å². The molecule has 35 heavy (non-hydrogen) atoms. The molecule has 3 aromatic carbocycles. The number of ether oxygens (including phenoxy) is 1. The summed E-state index contributed by atoms with van der Waals surface area (Å²) in [6, 6.07) is 20.6. The minimum atomic E-state index is -0.656. The van der Waals surface area contributed by atoms with Crippen molar-refractivity contribution in [2.45, 2.75) is 13.0 Å². The molecule has 0 saturated heterocycles. The Morgan fingerprint density at radius 2 is 1.89 bits per heavy atom. The highest BCUT2D eigenvalue weighted by Gasteiger charge is 2.35. The lowest BCUT2D eigenvalue weighted by atomic mass is 9.95. The number of hydrogen-bond donors (Lipinski definition) is 3. The van der Waals surface area contributed by atoms with Crippen molar-refractivity contribution in [1.82, 2.24) is 14.8 Å². The summed E-state index contributed by atoms with van der Waals surface area (Å²) in [7, 11) is 1.55. The summed E-state index contributed by atoms with van der Waals surface area (Å²) in [5.41, 5.74) is 2.91. The van der Waals surface area contributed by atoms with Gasteiger partial charge in [-0.1, -0.05) is 48.0 Å². The van der Waals surface area contributed by atoms with Crippen LogP contribution in [0.4, 0.5) is 11.6 Å². The third kappa shape index (κ3) is 4.20. The second-order valence-corrected chi connectivity index (χ2v) is 8.41. The Morgan fingerprint density at radius 1 is 1.11 bits per heavy atom. The minimum Gasteiger partial charge on any atom is -0.508 e. The van der Waals surface area contributed by atoms with E-state index in [2.05, 4.69) is 15.6 Å². The normalized spacial score (nSPS) is 14.8. The number of phenols is 1. The average Bonchev–Trinajstić information content (AvgIpc) is 3.27. The number of carbonyl (C=O) groups excluding carboxylic acids is 1. The smallest absolute Gasteiger partial charge is 0.255 e. The Hall–Kier alpha value is -4.30. The van der Waals surface area contributed by atoms with Crippen LogP contribution in [0.3, 0.4) is 0 Å². The third-order valence-corrected chi connectivity index (χ3v) is 6.08. The van der Waals surface area contributed by atoms with Crippen molar-refractivity contribution >= 4 is 29.1 Å². The van der Waals surface area contributed by atoms with E-state index in [1.54, 1.807) is 55.1 Å². The maximum atomic E-state index is 13.6. The Labute approximate surface area is 206 Å². The van der Waals surface area contributed by atoms with E-state index in [-0.39, 0.29) is 11.7 Å². The maximum absolute atomic E-state index is 13.6. The van der Waals surface area contributed by atoms with Gasteiger partial charge < -0.3 is 20.5 Å². The fourth-order valence-electron chi connectivity index (χ4n) is 4.14. The number of phenolic OH excluding ortho intramolecular Hbond substituents is 1. The Kier molecular flexibility index (Phi) is 5.88. The predicted molar refractivity (Wildman–Crippen MR) is 135 cm³/mol. The molecule has 1 atom stereocenters. The number of aromatic hydroxyl groups is 1. The van der Waals surface area contributed by atoms with Gasteiger partial charge in [-0.05, 0) is 48.9 Å². The van der Waals surface area contributed by atoms with Crippen molar-refractivity contribution < 1.29 is 14.6 Å². The number of anilines is 2. The van der Waals surface area contributed by atoms with Gasteiger partial charge in [-0.2, -0.15) is 4.98 Å². The molecule has 8 nitrogen and oxygen atoms in total. The number of benzene rings is 3. The lowest BCUT2D eigenvalue weighted by molar-refractivity contribution is -0.113. The highest BCUT2D eigenvalue weighted by molar-refractivity contribution is 6.33. The highest BCUT2D eigenvalue weighted by Crippen LogP contribution is 2.38. The highest BCUT2D eigenvalue weighted by atomic mass is 35.5. The molecule has 1 aliphatic rings. The van der Waals surface area contributed by atoms with Crippen molar-refractivity contribution in [1.29, 1.82) is 0 Å². The van der Waals surface area contributed by atoms with Crippen molar-refractivity contribution in [2.24, 2.45) is 0 Å². The number of carbonyl (C=O) groups is 1. The quantitative estimate of drug-likeness (QED) is 0.356. The van der Waals surface area contributed by atoms with Gasteiger partial charge in [0.15, 0.2) is 5.82 Å². The first-order valence-electron chi connectivity index (χ1n) is 10.9. The second kappa shape index (κ2) is 9.15. The molecule has 176 valence electrons. The number of methoxy groups -OCH3 is 1. The van der Waals surface area contributed by atoms with Gasteiger partial charge in [-0.25, -0.2) is 4.68 Å². The van der Waals surface area contributed by atoms with Gasteiger partial charge in [0, 0.05) is 11.3 Å². The molecular weight excluding hydrogens is 466 g/mol. The number of amides is 1.